The highest BCUT2D eigenvalue weighted by Crippen LogP contribution is 2.44. The quantitative estimate of drug-likeness (QED) is 0.707. The normalized spacial score (nSPS) is 25.7. The van der Waals surface area contributed by atoms with Gasteiger partial charge in [0.05, 0.1) is 13.5 Å². The zero-order valence-electron chi connectivity index (χ0n) is 9.93. The van der Waals surface area contributed by atoms with E-state index in [-0.39, 0.29) is 18.2 Å². The summed E-state index contributed by atoms with van der Waals surface area (Å²) in [5.41, 5.74) is 0.407. The third kappa shape index (κ3) is 1.32. The van der Waals surface area contributed by atoms with Gasteiger partial charge in [-0.25, -0.2) is 0 Å². The van der Waals surface area contributed by atoms with E-state index in [0.717, 1.165) is 11.1 Å². The fraction of sp³-hybridized carbons (Fsp3) is 0.286. The second-order valence-electron chi connectivity index (χ2n) is 4.42. The molecule has 0 N–H and O–H groups in total. The van der Waals surface area contributed by atoms with Crippen molar-refractivity contribution in [2.24, 2.45) is 0 Å². The van der Waals surface area contributed by atoms with Crippen LogP contribution >= 0.6 is 0 Å². The average molecular weight is 244 g/mol. The van der Waals surface area contributed by atoms with Crippen LogP contribution in [0.3, 0.4) is 0 Å². The molecule has 1 saturated heterocycles. The first-order valence-corrected chi connectivity index (χ1v) is 5.79. The highest BCUT2D eigenvalue weighted by molar-refractivity contribution is 6.07. The molecule has 0 radical (unpaired) electrons. The molecular formula is C14H12O4. The predicted octanol–water partition coefficient (Wildman–Crippen LogP) is 1.79. The van der Waals surface area contributed by atoms with Gasteiger partial charge in [-0.15, -0.1) is 0 Å². The third-order valence-electron chi connectivity index (χ3n) is 3.48. The lowest BCUT2D eigenvalue weighted by molar-refractivity contribution is -0.156. The van der Waals surface area contributed by atoms with E-state index in [1.54, 1.807) is 0 Å². The summed E-state index contributed by atoms with van der Waals surface area (Å²) < 4.78 is 10.6. The summed E-state index contributed by atoms with van der Waals surface area (Å²) in [7, 11) is 1.52. The van der Waals surface area contributed by atoms with Crippen molar-refractivity contribution in [2.45, 2.75) is 18.4 Å². The molecule has 1 fully saturated rings. The molecule has 0 amide bonds. The molecule has 92 valence electrons. The summed E-state index contributed by atoms with van der Waals surface area (Å²) in [4.78, 5) is 23.7. The van der Waals surface area contributed by atoms with Crippen LogP contribution in [-0.4, -0.2) is 18.9 Å². The zero-order chi connectivity index (χ0) is 12.8. The Labute approximate surface area is 104 Å². The van der Waals surface area contributed by atoms with Crippen LogP contribution in [0.4, 0.5) is 0 Å². The van der Waals surface area contributed by atoms with Gasteiger partial charge in [-0.1, -0.05) is 24.3 Å². The van der Waals surface area contributed by atoms with Gasteiger partial charge in [0.2, 0.25) is 11.4 Å². The summed E-state index contributed by atoms with van der Waals surface area (Å²) in [5.74, 6) is -0.0273. The molecule has 2 aliphatic rings. The molecule has 1 atom stereocenters. The number of fused-ring (bicyclic) bond motifs is 2. The van der Waals surface area contributed by atoms with Crippen molar-refractivity contribution in [3.05, 3.63) is 41.5 Å². The fourth-order valence-corrected chi connectivity index (χ4v) is 2.60. The van der Waals surface area contributed by atoms with E-state index in [4.69, 9.17) is 9.47 Å². The van der Waals surface area contributed by atoms with Crippen molar-refractivity contribution in [1.82, 2.24) is 0 Å². The van der Waals surface area contributed by atoms with Gasteiger partial charge in [-0.05, 0) is 0 Å². The average Bonchev–Trinajstić information content (AvgIpc) is 2.78. The molecule has 1 aliphatic heterocycles. The second kappa shape index (κ2) is 3.70. The van der Waals surface area contributed by atoms with Gasteiger partial charge in [0.25, 0.3) is 0 Å². The van der Waals surface area contributed by atoms with Crippen LogP contribution in [0.2, 0.25) is 0 Å². The molecule has 1 aliphatic carbocycles. The summed E-state index contributed by atoms with van der Waals surface area (Å²) in [6, 6.07) is 7.38. The van der Waals surface area contributed by atoms with Crippen LogP contribution in [0.1, 0.15) is 24.0 Å². The van der Waals surface area contributed by atoms with Crippen LogP contribution in [-0.2, 0) is 24.7 Å². The maximum Gasteiger partial charge on any atom is 0.307 e. The number of benzene rings is 1. The van der Waals surface area contributed by atoms with Crippen molar-refractivity contribution in [3.63, 3.8) is 0 Å². The van der Waals surface area contributed by atoms with Crippen LogP contribution in [0.15, 0.2) is 30.3 Å². The molecule has 1 aromatic carbocycles. The molecular weight excluding hydrogens is 232 g/mol. The van der Waals surface area contributed by atoms with Crippen LogP contribution in [0, 0.1) is 0 Å². The van der Waals surface area contributed by atoms with E-state index < -0.39 is 5.60 Å². The maximum absolute atomic E-state index is 12.3. The molecule has 1 heterocycles. The second-order valence-corrected chi connectivity index (χ2v) is 4.42. The fourth-order valence-electron chi connectivity index (χ4n) is 2.60. The molecule has 18 heavy (non-hydrogen) atoms. The number of hydrogen-bond donors (Lipinski definition) is 0. The van der Waals surface area contributed by atoms with Crippen LogP contribution in [0.5, 0.6) is 0 Å². The minimum Gasteiger partial charge on any atom is -0.496 e. The summed E-state index contributed by atoms with van der Waals surface area (Å²) in [6.07, 6.45) is 2.09. The van der Waals surface area contributed by atoms with E-state index >= 15 is 0 Å². The summed E-state index contributed by atoms with van der Waals surface area (Å²) in [5, 5.41) is 0. The lowest BCUT2D eigenvalue weighted by Crippen LogP contribution is -2.38. The van der Waals surface area contributed by atoms with Gasteiger partial charge in [-0.3, -0.25) is 9.59 Å². The molecule has 0 aromatic heterocycles. The maximum atomic E-state index is 12.3. The standard InChI is InChI=1S/C14H12O4/c1-17-11-8-12(15)14(7-6-13(16)18-14)10-5-3-2-4-9(10)11/h2-5,8H,6-7H2,1H3/t14-/m0/s1. The van der Waals surface area contributed by atoms with Crippen molar-refractivity contribution in [2.75, 3.05) is 7.11 Å². The molecule has 0 saturated carbocycles. The Morgan fingerprint density at radius 1 is 1.28 bits per heavy atom. The number of carbonyl (C=O) groups excluding carboxylic acids is 2. The number of ether oxygens (including phenoxy) is 2. The Kier molecular flexibility index (Phi) is 2.26. The highest BCUT2D eigenvalue weighted by Gasteiger charge is 2.51. The predicted molar refractivity (Wildman–Crippen MR) is 63.4 cm³/mol. The van der Waals surface area contributed by atoms with E-state index in [2.05, 4.69) is 0 Å². The topological polar surface area (TPSA) is 52.6 Å². The Morgan fingerprint density at radius 2 is 2.06 bits per heavy atom. The van der Waals surface area contributed by atoms with E-state index in [1.807, 2.05) is 24.3 Å². The smallest absolute Gasteiger partial charge is 0.307 e. The highest BCUT2D eigenvalue weighted by atomic mass is 16.6. The van der Waals surface area contributed by atoms with Crippen molar-refractivity contribution in [3.8, 4) is 0 Å². The van der Waals surface area contributed by atoms with Gasteiger partial charge in [0.15, 0.2) is 0 Å². The Balaban J connectivity index is 2.22. The van der Waals surface area contributed by atoms with Gasteiger partial charge in [0.1, 0.15) is 5.76 Å². The number of methoxy groups -OCH3 is 1. The third-order valence-corrected chi connectivity index (χ3v) is 3.48. The van der Waals surface area contributed by atoms with Crippen LogP contribution < -0.4 is 0 Å². The van der Waals surface area contributed by atoms with E-state index in [9.17, 15) is 9.59 Å². The monoisotopic (exact) mass is 244 g/mol. The summed E-state index contributed by atoms with van der Waals surface area (Å²) >= 11 is 0. The lowest BCUT2D eigenvalue weighted by Gasteiger charge is -2.31. The molecule has 1 spiro atoms. The molecule has 4 heteroatoms. The van der Waals surface area contributed by atoms with Gasteiger partial charge in [-0.2, -0.15) is 0 Å². The number of esters is 1. The lowest BCUT2D eigenvalue weighted by atomic mass is 9.79. The number of carbonyl (C=O) groups is 2. The first-order chi connectivity index (χ1) is 8.67. The van der Waals surface area contributed by atoms with Gasteiger partial charge in [0, 0.05) is 23.6 Å². The zero-order valence-corrected chi connectivity index (χ0v) is 9.93. The minimum absolute atomic E-state index is 0.219. The molecule has 1 aromatic rings. The Bertz CT molecular complexity index is 573. The first kappa shape index (κ1) is 11.0. The van der Waals surface area contributed by atoms with Gasteiger partial charge >= 0.3 is 5.97 Å². The molecule has 0 unspecified atom stereocenters. The Hall–Kier alpha value is -2.10. The van der Waals surface area contributed by atoms with E-state index in [1.165, 1.54) is 13.2 Å². The van der Waals surface area contributed by atoms with Crippen molar-refractivity contribution in [1.29, 1.82) is 0 Å². The number of ketones is 1. The van der Waals surface area contributed by atoms with Crippen molar-refractivity contribution < 1.29 is 19.1 Å². The molecule has 0 bridgehead atoms. The number of rotatable bonds is 1. The Morgan fingerprint density at radius 3 is 2.72 bits per heavy atom. The summed E-state index contributed by atoms with van der Waals surface area (Å²) in [6.45, 7) is 0. The molecule has 4 nitrogen and oxygen atoms in total. The van der Waals surface area contributed by atoms with Crippen LogP contribution in [0.25, 0.3) is 5.76 Å². The minimum atomic E-state index is -1.13. The molecule has 3 rings (SSSR count). The SMILES string of the molecule is COC1=CC(=O)[C@]2(CCC(=O)O2)c2ccccc21. The largest absolute Gasteiger partial charge is 0.496 e. The first-order valence-electron chi connectivity index (χ1n) is 5.79. The number of hydrogen-bond acceptors (Lipinski definition) is 4. The van der Waals surface area contributed by atoms with Crippen molar-refractivity contribution >= 4 is 17.5 Å². The van der Waals surface area contributed by atoms with E-state index in [0.29, 0.717) is 12.2 Å². The van der Waals surface area contributed by atoms with Gasteiger partial charge < -0.3 is 9.47 Å².